The van der Waals surface area contributed by atoms with Gasteiger partial charge in [-0.25, -0.2) is 0 Å². The van der Waals surface area contributed by atoms with E-state index in [-0.39, 0.29) is 0 Å². The molecule has 0 saturated heterocycles. The van der Waals surface area contributed by atoms with Crippen molar-refractivity contribution >= 4 is 76.3 Å². The number of hydrogen-bond acceptors (Lipinski definition) is 4. The van der Waals surface area contributed by atoms with Crippen molar-refractivity contribution in [2.24, 2.45) is 11.5 Å². The zero-order valence-corrected chi connectivity index (χ0v) is 23.5. The van der Waals surface area contributed by atoms with Crippen LogP contribution < -0.4 is 22.1 Å². The van der Waals surface area contributed by atoms with Gasteiger partial charge in [0.2, 0.25) is 0 Å². The van der Waals surface area contributed by atoms with Crippen molar-refractivity contribution in [3.05, 3.63) is 120 Å². The molecule has 0 spiro atoms. The number of benzene rings is 3. The van der Waals surface area contributed by atoms with Crippen molar-refractivity contribution in [2.75, 3.05) is 5.32 Å². The number of hydrogen-bond donors (Lipinski definition) is 4. The molecule has 0 fully saturated rings. The SMILES string of the molecule is N/C1=C(\NC2=C(Br)CCC=C2Br)c2ccccc2/C(N)=C(/Nc2ccccc2Br)c2ccccc21. The van der Waals surface area contributed by atoms with Gasteiger partial charge in [0.15, 0.2) is 0 Å². The first-order valence-corrected chi connectivity index (χ1v) is 13.6. The van der Waals surface area contributed by atoms with Crippen LogP contribution in [0.25, 0.3) is 22.8 Å². The molecule has 0 unspecified atom stereocenters. The number of anilines is 1. The lowest BCUT2D eigenvalue weighted by molar-refractivity contribution is 0.959. The summed E-state index contributed by atoms with van der Waals surface area (Å²) >= 11 is 11.1. The van der Waals surface area contributed by atoms with Crippen LogP contribution in [0.3, 0.4) is 0 Å². The van der Waals surface area contributed by atoms with E-state index < -0.39 is 0 Å². The highest BCUT2D eigenvalue weighted by molar-refractivity contribution is 9.12. The second kappa shape index (κ2) is 10.1. The van der Waals surface area contributed by atoms with E-state index in [1.165, 1.54) is 0 Å². The quantitative estimate of drug-likeness (QED) is 0.233. The average Bonchev–Trinajstić information content (AvgIpc) is 2.87. The Morgan fingerprint density at radius 2 is 1.11 bits per heavy atom. The van der Waals surface area contributed by atoms with Crippen LogP contribution >= 0.6 is 47.8 Å². The molecule has 0 radical (unpaired) electrons. The van der Waals surface area contributed by atoms with Gasteiger partial charge in [0.25, 0.3) is 0 Å². The minimum atomic E-state index is 0.641. The third-order valence-corrected chi connectivity index (χ3v) is 8.30. The summed E-state index contributed by atoms with van der Waals surface area (Å²) in [7, 11) is 0. The average molecular weight is 655 g/mol. The Hall–Kier alpha value is -2.74. The molecule has 35 heavy (non-hydrogen) atoms. The number of nitrogens with one attached hydrogen (secondary N) is 2. The zero-order chi connectivity index (χ0) is 24.5. The molecule has 6 N–H and O–H groups in total. The lowest BCUT2D eigenvalue weighted by Crippen LogP contribution is -2.23. The normalized spacial score (nSPS) is 19.8. The van der Waals surface area contributed by atoms with Crippen molar-refractivity contribution in [1.82, 2.24) is 5.32 Å². The van der Waals surface area contributed by atoms with Gasteiger partial charge in [0, 0.05) is 35.7 Å². The van der Waals surface area contributed by atoms with Gasteiger partial charge in [0.05, 0.1) is 34.2 Å². The van der Waals surface area contributed by atoms with Crippen LogP contribution in [0.4, 0.5) is 5.69 Å². The van der Waals surface area contributed by atoms with E-state index in [1.807, 2.05) is 66.7 Å². The lowest BCUT2D eigenvalue weighted by atomic mass is 9.90. The van der Waals surface area contributed by atoms with Gasteiger partial charge in [-0.1, -0.05) is 82.7 Å². The van der Waals surface area contributed by atoms with Gasteiger partial charge in [-0.15, -0.1) is 0 Å². The summed E-state index contributed by atoms with van der Waals surface area (Å²) in [5.41, 5.74) is 22.3. The number of allylic oxidation sites excluding steroid dienone is 3. The van der Waals surface area contributed by atoms with Crippen molar-refractivity contribution in [3.8, 4) is 0 Å². The molecule has 0 atom stereocenters. The maximum Gasteiger partial charge on any atom is 0.0705 e. The van der Waals surface area contributed by atoms with Crippen molar-refractivity contribution in [1.29, 1.82) is 0 Å². The van der Waals surface area contributed by atoms with E-state index in [0.29, 0.717) is 11.4 Å². The standard InChI is InChI=1S/C28H23Br3N4/c29-20-12-5-6-15-23(20)34-26-18-10-3-1-8-16(18)25(33)27(19-11-4-2-9-17(19)24(26)32)35-28-21(30)13-7-14-22(28)31/h1-6,8-13,15,34-35H,7,14,32-33H2/b24-17?,25-16?,26-18?,26-24-,27-19?,27-25-. The number of rotatable bonds is 4. The highest BCUT2D eigenvalue weighted by Gasteiger charge is 2.25. The van der Waals surface area contributed by atoms with Crippen LogP contribution in [0, 0.1) is 0 Å². The molecule has 0 bridgehead atoms. The molecule has 0 amide bonds. The largest absolute Gasteiger partial charge is 0.397 e. The molecule has 2 aliphatic carbocycles. The summed E-state index contributed by atoms with van der Waals surface area (Å²) in [6, 6.07) is 24.1. The van der Waals surface area contributed by atoms with E-state index >= 15 is 0 Å². The van der Waals surface area contributed by atoms with E-state index in [4.69, 9.17) is 11.5 Å². The van der Waals surface area contributed by atoms with E-state index in [2.05, 4.69) is 70.6 Å². The molecule has 176 valence electrons. The maximum atomic E-state index is 6.96. The number of para-hydroxylation sites is 1. The molecule has 3 aromatic carbocycles. The minimum absolute atomic E-state index is 0.641. The van der Waals surface area contributed by atoms with Gasteiger partial charge in [-0.3, -0.25) is 0 Å². The monoisotopic (exact) mass is 652 g/mol. The van der Waals surface area contributed by atoms with E-state index in [9.17, 15) is 0 Å². The van der Waals surface area contributed by atoms with Crippen LogP contribution in [0.5, 0.6) is 0 Å². The smallest absolute Gasteiger partial charge is 0.0705 e. The molecule has 0 aromatic heterocycles. The Kier molecular flexibility index (Phi) is 6.91. The Morgan fingerprint density at radius 3 is 1.69 bits per heavy atom. The van der Waals surface area contributed by atoms with Gasteiger partial charge in [-0.2, -0.15) is 0 Å². The summed E-state index contributed by atoms with van der Waals surface area (Å²) < 4.78 is 3.05. The van der Waals surface area contributed by atoms with Crippen molar-refractivity contribution < 1.29 is 0 Å². The third kappa shape index (κ3) is 4.60. The fourth-order valence-electron chi connectivity index (χ4n) is 4.33. The highest BCUT2D eigenvalue weighted by Crippen LogP contribution is 2.40. The van der Waals surface area contributed by atoms with Crippen LogP contribution in [0.1, 0.15) is 35.1 Å². The van der Waals surface area contributed by atoms with Crippen molar-refractivity contribution in [2.45, 2.75) is 12.8 Å². The van der Waals surface area contributed by atoms with Gasteiger partial charge in [-0.05, 0) is 56.8 Å². The van der Waals surface area contributed by atoms with Gasteiger partial charge >= 0.3 is 0 Å². The molecular weight excluding hydrogens is 632 g/mol. The molecule has 2 aliphatic rings. The number of fused-ring (bicyclic) bond motifs is 2. The summed E-state index contributed by atoms with van der Waals surface area (Å²) in [5.74, 6) is 0. The molecule has 3 aromatic rings. The number of halogens is 3. The summed E-state index contributed by atoms with van der Waals surface area (Å²) in [6.45, 7) is 0. The second-order valence-corrected chi connectivity index (χ2v) is 10.9. The predicted octanol–water partition coefficient (Wildman–Crippen LogP) is 7.71. The van der Waals surface area contributed by atoms with Gasteiger partial charge < -0.3 is 22.1 Å². The Labute approximate surface area is 230 Å². The Bertz CT molecular complexity index is 1450. The molecule has 0 saturated carbocycles. The number of nitrogens with two attached hydrogens (primary N) is 2. The first-order chi connectivity index (χ1) is 17.0. The maximum absolute atomic E-state index is 6.96. The molecular formula is C28H23Br3N4. The predicted molar refractivity (Wildman–Crippen MR) is 158 cm³/mol. The zero-order valence-electron chi connectivity index (χ0n) is 18.7. The minimum Gasteiger partial charge on any atom is -0.397 e. The fraction of sp³-hybridized carbons (Fsp3) is 0.0714. The van der Waals surface area contributed by atoms with E-state index in [1.54, 1.807) is 0 Å². The first-order valence-electron chi connectivity index (χ1n) is 11.2. The van der Waals surface area contributed by atoms with Gasteiger partial charge in [0.1, 0.15) is 0 Å². The summed E-state index contributed by atoms with van der Waals surface area (Å²) in [6.07, 6.45) is 4.06. The van der Waals surface area contributed by atoms with Crippen LogP contribution in [0.15, 0.2) is 98.0 Å². The molecule has 4 nitrogen and oxygen atoms in total. The summed E-state index contributed by atoms with van der Waals surface area (Å²) in [5, 5.41) is 7.20. The third-order valence-electron chi connectivity index (χ3n) is 6.09. The molecule has 0 aliphatic heterocycles. The van der Waals surface area contributed by atoms with Crippen LogP contribution in [-0.2, 0) is 0 Å². The molecule has 5 rings (SSSR count). The summed E-state index contributed by atoms with van der Waals surface area (Å²) in [4.78, 5) is 0. The topological polar surface area (TPSA) is 76.1 Å². The van der Waals surface area contributed by atoms with Crippen molar-refractivity contribution in [3.63, 3.8) is 0 Å². The second-order valence-electron chi connectivity index (χ2n) is 8.27. The highest BCUT2D eigenvalue weighted by atomic mass is 79.9. The van der Waals surface area contributed by atoms with Crippen LogP contribution in [0.2, 0.25) is 0 Å². The Morgan fingerprint density at radius 1 is 0.600 bits per heavy atom. The molecule has 0 heterocycles. The molecule has 7 heteroatoms. The first kappa shape index (κ1) is 24.0. The van der Waals surface area contributed by atoms with E-state index in [0.717, 1.165) is 71.3 Å². The van der Waals surface area contributed by atoms with Crippen LogP contribution in [-0.4, -0.2) is 0 Å². The Balaban J connectivity index is 1.75. The lowest BCUT2D eigenvalue weighted by Gasteiger charge is -2.27. The fourth-order valence-corrected chi connectivity index (χ4v) is 6.09.